The van der Waals surface area contributed by atoms with Crippen LogP contribution in [0, 0.1) is 27.7 Å². The lowest BCUT2D eigenvalue weighted by atomic mass is 10.1. The maximum Gasteiger partial charge on any atom is 0.245 e. The van der Waals surface area contributed by atoms with Crippen LogP contribution in [0.4, 0.5) is 0 Å². The number of nitrogens with zero attached hydrogens (tertiary/aromatic N) is 2. The lowest BCUT2D eigenvalue weighted by molar-refractivity contribution is -0.130. The largest absolute Gasteiger partial charge is 0.360 e. The van der Waals surface area contributed by atoms with Crippen LogP contribution >= 0.6 is 0 Å². The normalized spacial score (nSPS) is 11.6. The molecule has 0 aliphatic carbocycles. The molecule has 1 heterocycles. The summed E-state index contributed by atoms with van der Waals surface area (Å²) in [6, 6.07) is 6.10. The number of aryl methyl sites for hydroxylation is 4. The van der Waals surface area contributed by atoms with E-state index in [1.807, 2.05) is 26.0 Å². The molecule has 0 fully saturated rings. The third-order valence-electron chi connectivity index (χ3n) is 4.20. The van der Waals surface area contributed by atoms with E-state index in [4.69, 9.17) is 4.52 Å². The third-order valence-corrected chi connectivity index (χ3v) is 5.90. The summed E-state index contributed by atoms with van der Waals surface area (Å²) in [6.07, 6.45) is 0.0734. The standard InChI is InChI=1S/C18H25N3O4S/c1-12-6-7-16(13(2)10-12)11-21(5)17(22)8-9-19-26(23,24)18-14(3)20-25-15(18)4/h6-7,10,19H,8-9,11H2,1-5H3. The number of hydrogen-bond donors (Lipinski definition) is 1. The van der Waals surface area contributed by atoms with Crippen molar-refractivity contribution >= 4 is 15.9 Å². The molecule has 1 aromatic heterocycles. The molecule has 142 valence electrons. The van der Waals surface area contributed by atoms with Gasteiger partial charge >= 0.3 is 0 Å². The first-order valence-corrected chi connectivity index (χ1v) is 9.82. The zero-order chi connectivity index (χ0) is 19.5. The Hall–Kier alpha value is -2.19. The fourth-order valence-electron chi connectivity index (χ4n) is 2.78. The van der Waals surface area contributed by atoms with E-state index in [1.165, 1.54) is 12.5 Å². The van der Waals surface area contributed by atoms with Gasteiger partial charge in [0, 0.05) is 26.6 Å². The molecule has 0 aliphatic rings. The second kappa shape index (κ2) is 8.01. The van der Waals surface area contributed by atoms with Crippen molar-refractivity contribution in [3.8, 4) is 0 Å². The number of hydrogen-bond acceptors (Lipinski definition) is 5. The number of aromatic nitrogens is 1. The Kier molecular flexibility index (Phi) is 6.20. The van der Waals surface area contributed by atoms with Crippen LogP contribution < -0.4 is 4.72 Å². The molecule has 0 radical (unpaired) electrons. The Bertz CT molecular complexity index is 884. The highest BCUT2D eigenvalue weighted by atomic mass is 32.2. The lowest BCUT2D eigenvalue weighted by Crippen LogP contribution is -2.32. The number of nitrogens with one attached hydrogen (secondary N) is 1. The third kappa shape index (κ3) is 4.70. The van der Waals surface area contributed by atoms with Gasteiger partial charge in [0.2, 0.25) is 15.9 Å². The van der Waals surface area contributed by atoms with E-state index in [2.05, 4.69) is 15.9 Å². The first-order valence-electron chi connectivity index (χ1n) is 8.34. The summed E-state index contributed by atoms with van der Waals surface area (Å²) in [6.45, 7) is 7.64. The Morgan fingerprint density at radius 1 is 1.23 bits per heavy atom. The van der Waals surface area contributed by atoms with Crippen LogP contribution in [-0.2, 0) is 21.4 Å². The van der Waals surface area contributed by atoms with Crippen molar-refractivity contribution in [3.05, 3.63) is 46.3 Å². The summed E-state index contributed by atoms with van der Waals surface area (Å²) in [4.78, 5) is 13.9. The second-order valence-electron chi connectivity index (χ2n) is 6.48. The predicted octanol–water partition coefficient (Wildman–Crippen LogP) is 2.24. The Labute approximate surface area is 154 Å². The van der Waals surface area contributed by atoms with Gasteiger partial charge in [-0.15, -0.1) is 0 Å². The van der Waals surface area contributed by atoms with Gasteiger partial charge in [-0.25, -0.2) is 13.1 Å². The highest BCUT2D eigenvalue weighted by Gasteiger charge is 2.24. The summed E-state index contributed by atoms with van der Waals surface area (Å²) >= 11 is 0. The van der Waals surface area contributed by atoms with Crippen LogP contribution in [0.1, 0.15) is 34.6 Å². The molecule has 0 bridgehead atoms. The van der Waals surface area contributed by atoms with E-state index in [1.54, 1.807) is 18.9 Å². The fraction of sp³-hybridized carbons (Fsp3) is 0.444. The molecular formula is C18H25N3O4S. The summed E-state index contributed by atoms with van der Waals surface area (Å²) in [5.41, 5.74) is 3.67. The first kappa shape index (κ1) is 20.1. The molecule has 0 aliphatic heterocycles. The van der Waals surface area contributed by atoms with E-state index in [0.717, 1.165) is 11.1 Å². The zero-order valence-electron chi connectivity index (χ0n) is 15.8. The van der Waals surface area contributed by atoms with Gasteiger partial charge in [0.1, 0.15) is 10.6 Å². The number of benzene rings is 1. The first-order chi connectivity index (χ1) is 12.1. The number of carbonyl (C=O) groups excluding carboxylic acids is 1. The van der Waals surface area contributed by atoms with Crippen molar-refractivity contribution in [1.82, 2.24) is 14.8 Å². The van der Waals surface area contributed by atoms with Gasteiger partial charge in [-0.2, -0.15) is 0 Å². The molecule has 8 heteroatoms. The Morgan fingerprint density at radius 2 is 1.92 bits per heavy atom. The number of amides is 1. The zero-order valence-corrected chi connectivity index (χ0v) is 16.6. The molecule has 1 aromatic carbocycles. The smallest absolute Gasteiger partial charge is 0.245 e. The number of carbonyl (C=O) groups is 1. The lowest BCUT2D eigenvalue weighted by Gasteiger charge is -2.19. The summed E-state index contributed by atoms with van der Waals surface area (Å²) in [5.74, 6) is 0.0970. The molecule has 1 N–H and O–H groups in total. The van der Waals surface area contributed by atoms with Crippen LogP contribution in [0.2, 0.25) is 0 Å². The summed E-state index contributed by atoms with van der Waals surface area (Å²) < 4.78 is 32.0. The highest BCUT2D eigenvalue weighted by Crippen LogP contribution is 2.18. The van der Waals surface area contributed by atoms with E-state index in [0.29, 0.717) is 12.2 Å². The maximum absolute atomic E-state index is 12.3. The summed E-state index contributed by atoms with van der Waals surface area (Å²) in [5, 5.41) is 3.65. The van der Waals surface area contributed by atoms with Crippen LogP contribution in [0.15, 0.2) is 27.6 Å². The van der Waals surface area contributed by atoms with Crippen molar-refractivity contribution in [2.24, 2.45) is 0 Å². The van der Waals surface area contributed by atoms with Gasteiger partial charge in [0.25, 0.3) is 0 Å². The maximum atomic E-state index is 12.3. The molecule has 1 amide bonds. The number of sulfonamides is 1. The molecule has 0 atom stereocenters. The molecule has 7 nitrogen and oxygen atoms in total. The van der Waals surface area contributed by atoms with E-state index in [9.17, 15) is 13.2 Å². The molecule has 26 heavy (non-hydrogen) atoms. The van der Waals surface area contributed by atoms with Crippen molar-refractivity contribution in [3.63, 3.8) is 0 Å². The molecule has 2 rings (SSSR count). The van der Waals surface area contributed by atoms with Crippen molar-refractivity contribution in [1.29, 1.82) is 0 Å². The van der Waals surface area contributed by atoms with Crippen LogP contribution in [-0.4, -0.2) is 38.0 Å². The minimum atomic E-state index is -3.75. The van der Waals surface area contributed by atoms with E-state index < -0.39 is 10.0 Å². The van der Waals surface area contributed by atoms with Crippen LogP contribution in [0.3, 0.4) is 0 Å². The molecule has 0 spiro atoms. The summed E-state index contributed by atoms with van der Waals surface area (Å²) in [7, 11) is -2.03. The Morgan fingerprint density at radius 3 is 2.50 bits per heavy atom. The van der Waals surface area contributed by atoms with Crippen molar-refractivity contribution < 1.29 is 17.7 Å². The van der Waals surface area contributed by atoms with Crippen molar-refractivity contribution in [2.45, 2.75) is 45.6 Å². The van der Waals surface area contributed by atoms with Crippen molar-refractivity contribution in [2.75, 3.05) is 13.6 Å². The van der Waals surface area contributed by atoms with E-state index in [-0.39, 0.29) is 29.5 Å². The minimum absolute atomic E-state index is 0.0163. The van der Waals surface area contributed by atoms with Crippen LogP contribution in [0.5, 0.6) is 0 Å². The van der Waals surface area contributed by atoms with Gasteiger partial charge in [-0.1, -0.05) is 28.9 Å². The molecule has 0 saturated carbocycles. The van der Waals surface area contributed by atoms with Gasteiger partial charge in [-0.3, -0.25) is 4.79 Å². The average Bonchev–Trinajstić information content (AvgIpc) is 2.89. The number of rotatable bonds is 7. The quantitative estimate of drug-likeness (QED) is 0.796. The van der Waals surface area contributed by atoms with Gasteiger partial charge in [-0.05, 0) is 38.8 Å². The monoisotopic (exact) mass is 379 g/mol. The molecule has 2 aromatic rings. The SMILES string of the molecule is Cc1ccc(CN(C)C(=O)CCNS(=O)(=O)c2c(C)noc2C)c(C)c1. The van der Waals surface area contributed by atoms with Gasteiger partial charge in [0.05, 0.1) is 0 Å². The molecule has 0 unspecified atom stereocenters. The molecule has 0 saturated heterocycles. The topological polar surface area (TPSA) is 92.5 Å². The average molecular weight is 379 g/mol. The Balaban J connectivity index is 1.92. The van der Waals surface area contributed by atoms with Gasteiger partial charge < -0.3 is 9.42 Å². The highest BCUT2D eigenvalue weighted by molar-refractivity contribution is 7.89. The minimum Gasteiger partial charge on any atom is -0.360 e. The fourth-order valence-corrected chi connectivity index (χ4v) is 4.14. The van der Waals surface area contributed by atoms with Gasteiger partial charge in [0.15, 0.2) is 5.76 Å². The molecular weight excluding hydrogens is 354 g/mol. The van der Waals surface area contributed by atoms with E-state index >= 15 is 0 Å². The van der Waals surface area contributed by atoms with Crippen LogP contribution in [0.25, 0.3) is 0 Å². The predicted molar refractivity (Wildman–Crippen MR) is 98.2 cm³/mol. The second-order valence-corrected chi connectivity index (χ2v) is 8.18.